The van der Waals surface area contributed by atoms with Crippen LogP contribution in [-0.2, 0) is 0 Å². The Morgan fingerprint density at radius 1 is 1.10 bits per heavy atom. The largest absolute Gasteiger partial charge is 0.329 e. The maximum atomic E-state index is 6.29. The third-order valence-corrected chi connectivity index (χ3v) is 6.74. The van der Waals surface area contributed by atoms with Gasteiger partial charge in [0.2, 0.25) is 0 Å². The zero-order valence-corrected chi connectivity index (χ0v) is 14.2. The van der Waals surface area contributed by atoms with Crippen molar-refractivity contribution in [2.75, 3.05) is 13.6 Å². The highest BCUT2D eigenvalue weighted by Gasteiger charge is 2.44. The molecule has 2 nitrogen and oxygen atoms in total. The first-order valence-corrected chi connectivity index (χ1v) is 8.96. The lowest BCUT2D eigenvalue weighted by Gasteiger charge is -2.53. The summed E-state index contributed by atoms with van der Waals surface area (Å²) in [5.41, 5.74) is 6.57. The second-order valence-corrected chi connectivity index (χ2v) is 7.78. The predicted octanol–water partition coefficient (Wildman–Crippen LogP) is 4.04. The first-order chi connectivity index (χ1) is 9.53. The van der Waals surface area contributed by atoms with Crippen LogP contribution in [-0.4, -0.2) is 30.1 Å². The molecule has 2 aliphatic rings. The number of rotatable bonds is 4. The van der Waals surface area contributed by atoms with E-state index in [0.29, 0.717) is 0 Å². The van der Waals surface area contributed by atoms with Gasteiger partial charge in [0.1, 0.15) is 0 Å². The lowest BCUT2D eigenvalue weighted by atomic mass is 9.68. The molecule has 2 heteroatoms. The molecule has 118 valence electrons. The van der Waals surface area contributed by atoms with E-state index in [2.05, 4.69) is 32.7 Å². The van der Waals surface area contributed by atoms with Gasteiger partial charge in [0.25, 0.3) is 0 Å². The molecule has 0 bridgehead atoms. The molecule has 2 saturated carbocycles. The highest BCUT2D eigenvalue weighted by molar-refractivity contribution is 5.01. The molecule has 0 spiro atoms. The topological polar surface area (TPSA) is 29.3 Å². The normalized spacial score (nSPS) is 42.9. The van der Waals surface area contributed by atoms with E-state index in [1.807, 2.05) is 0 Å². The maximum absolute atomic E-state index is 6.29. The molecule has 3 unspecified atom stereocenters. The van der Waals surface area contributed by atoms with Gasteiger partial charge >= 0.3 is 0 Å². The fourth-order valence-electron chi connectivity index (χ4n) is 4.96. The fourth-order valence-corrected chi connectivity index (χ4v) is 4.96. The van der Waals surface area contributed by atoms with E-state index in [1.54, 1.807) is 0 Å². The van der Waals surface area contributed by atoms with Crippen molar-refractivity contribution >= 4 is 0 Å². The Balaban J connectivity index is 2.03. The van der Waals surface area contributed by atoms with Crippen LogP contribution in [0.5, 0.6) is 0 Å². The summed E-state index contributed by atoms with van der Waals surface area (Å²) >= 11 is 0. The van der Waals surface area contributed by atoms with Crippen molar-refractivity contribution in [3.8, 4) is 0 Å². The van der Waals surface area contributed by atoms with Crippen molar-refractivity contribution in [1.29, 1.82) is 0 Å². The number of hydrogen-bond donors (Lipinski definition) is 1. The minimum Gasteiger partial charge on any atom is -0.329 e. The van der Waals surface area contributed by atoms with Gasteiger partial charge in [-0.05, 0) is 69.7 Å². The standard InChI is InChI=1S/C18H36N2/c1-5-16-6-8-17(9-7-16)20(4)18(13-19)11-10-14(2)12-15(18)3/h14-17H,5-13,19H2,1-4H3. The Kier molecular flexibility index (Phi) is 5.53. The van der Waals surface area contributed by atoms with Gasteiger partial charge < -0.3 is 5.73 Å². The van der Waals surface area contributed by atoms with Gasteiger partial charge in [0.15, 0.2) is 0 Å². The average Bonchev–Trinajstić information content (AvgIpc) is 2.47. The molecule has 0 heterocycles. The number of nitrogens with two attached hydrogens (primary N) is 1. The second kappa shape index (κ2) is 6.79. The van der Waals surface area contributed by atoms with Gasteiger partial charge in [-0.15, -0.1) is 0 Å². The van der Waals surface area contributed by atoms with Crippen LogP contribution in [0.4, 0.5) is 0 Å². The van der Waals surface area contributed by atoms with Crippen LogP contribution in [0.3, 0.4) is 0 Å². The van der Waals surface area contributed by atoms with E-state index in [1.165, 1.54) is 51.4 Å². The van der Waals surface area contributed by atoms with E-state index in [0.717, 1.165) is 30.3 Å². The highest BCUT2D eigenvalue weighted by Crippen LogP contribution is 2.42. The molecule has 2 aliphatic carbocycles. The molecular weight excluding hydrogens is 244 g/mol. The number of likely N-dealkylation sites (N-methyl/N-ethyl adjacent to an activating group) is 1. The van der Waals surface area contributed by atoms with Crippen molar-refractivity contribution in [3.63, 3.8) is 0 Å². The van der Waals surface area contributed by atoms with Crippen molar-refractivity contribution in [3.05, 3.63) is 0 Å². The third-order valence-electron chi connectivity index (χ3n) is 6.74. The van der Waals surface area contributed by atoms with Crippen LogP contribution in [0.2, 0.25) is 0 Å². The molecule has 3 atom stereocenters. The van der Waals surface area contributed by atoms with E-state index in [9.17, 15) is 0 Å². The Morgan fingerprint density at radius 2 is 1.75 bits per heavy atom. The fraction of sp³-hybridized carbons (Fsp3) is 1.00. The third kappa shape index (κ3) is 3.06. The average molecular weight is 280 g/mol. The molecule has 0 amide bonds. The first-order valence-electron chi connectivity index (χ1n) is 8.96. The van der Waals surface area contributed by atoms with Gasteiger partial charge in [-0.1, -0.05) is 27.2 Å². The molecule has 0 aromatic carbocycles. The lowest BCUT2D eigenvalue weighted by Crippen LogP contribution is -2.61. The summed E-state index contributed by atoms with van der Waals surface area (Å²) in [5.74, 6) is 2.61. The summed E-state index contributed by atoms with van der Waals surface area (Å²) in [5, 5.41) is 0. The summed E-state index contributed by atoms with van der Waals surface area (Å²) in [4.78, 5) is 2.72. The molecule has 0 aromatic heterocycles. The van der Waals surface area contributed by atoms with Crippen molar-refractivity contribution in [1.82, 2.24) is 4.90 Å². The highest BCUT2D eigenvalue weighted by atomic mass is 15.2. The monoisotopic (exact) mass is 280 g/mol. The summed E-state index contributed by atoms with van der Waals surface area (Å²) in [6.07, 6.45) is 11.0. The summed E-state index contributed by atoms with van der Waals surface area (Å²) in [6, 6.07) is 0.775. The Hall–Kier alpha value is -0.0800. The quantitative estimate of drug-likeness (QED) is 0.842. The van der Waals surface area contributed by atoms with E-state index < -0.39 is 0 Å². The zero-order valence-electron chi connectivity index (χ0n) is 14.2. The lowest BCUT2D eigenvalue weighted by molar-refractivity contribution is -0.0234. The number of hydrogen-bond acceptors (Lipinski definition) is 2. The molecule has 0 saturated heterocycles. The Morgan fingerprint density at radius 3 is 2.25 bits per heavy atom. The van der Waals surface area contributed by atoms with Crippen molar-refractivity contribution in [2.24, 2.45) is 23.5 Å². The summed E-state index contributed by atoms with van der Waals surface area (Å²) in [7, 11) is 2.37. The Labute approximate surface area is 126 Å². The van der Waals surface area contributed by atoms with Gasteiger partial charge in [0, 0.05) is 18.1 Å². The van der Waals surface area contributed by atoms with Crippen LogP contribution in [0.15, 0.2) is 0 Å². The van der Waals surface area contributed by atoms with Gasteiger partial charge in [-0.25, -0.2) is 0 Å². The van der Waals surface area contributed by atoms with E-state index in [4.69, 9.17) is 5.73 Å². The Bertz CT molecular complexity index is 296. The molecule has 2 rings (SSSR count). The second-order valence-electron chi connectivity index (χ2n) is 7.78. The van der Waals surface area contributed by atoms with Gasteiger partial charge in [-0.3, -0.25) is 4.90 Å². The molecule has 0 radical (unpaired) electrons. The zero-order chi connectivity index (χ0) is 14.8. The molecular formula is C18H36N2. The first kappa shape index (κ1) is 16.3. The predicted molar refractivity (Wildman–Crippen MR) is 87.8 cm³/mol. The van der Waals surface area contributed by atoms with Crippen LogP contribution in [0.25, 0.3) is 0 Å². The SMILES string of the molecule is CCC1CCC(N(C)C2(CN)CCC(C)CC2C)CC1. The van der Waals surface area contributed by atoms with Crippen LogP contribution in [0.1, 0.15) is 72.1 Å². The van der Waals surface area contributed by atoms with E-state index >= 15 is 0 Å². The van der Waals surface area contributed by atoms with Crippen LogP contribution < -0.4 is 5.73 Å². The van der Waals surface area contributed by atoms with Gasteiger partial charge in [0.05, 0.1) is 0 Å². The van der Waals surface area contributed by atoms with Crippen molar-refractivity contribution < 1.29 is 0 Å². The molecule has 2 fully saturated rings. The molecule has 20 heavy (non-hydrogen) atoms. The summed E-state index contributed by atoms with van der Waals surface area (Å²) in [6.45, 7) is 8.03. The van der Waals surface area contributed by atoms with Crippen LogP contribution >= 0.6 is 0 Å². The maximum Gasteiger partial charge on any atom is 0.0357 e. The number of nitrogens with zero attached hydrogens (tertiary/aromatic N) is 1. The molecule has 0 aromatic rings. The minimum absolute atomic E-state index is 0.274. The summed E-state index contributed by atoms with van der Waals surface area (Å²) < 4.78 is 0. The minimum atomic E-state index is 0.274. The molecule has 2 N–H and O–H groups in total. The van der Waals surface area contributed by atoms with Crippen molar-refractivity contribution in [2.45, 2.75) is 83.7 Å². The van der Waals surface area contributed by atoms with Gasteiger partial charge in [-0.2, -0.15) is 0 Å². The smallest absolute Gasteiger partial charge is 0.0357 e. The van der Waals surface area contributed by atoms with E-state index in [-0.39, 0.29) is 5.54 Å². The molecule has 0 aliphatic heterocycles. The van der Waals surface area contributed by atoms with Crippen LogP contribution in [0, 0.1) is 17.8 Å².